The number of carbonyl (C=O) groups excluding carboxylic acids is 2. The molecule has 0 bridgehead atoms. The summed E-state index contributed by atoms with van der Waals surface area (Å²) in [7, 11) is 0. The first kappa shape index (κ1) is 20.5. The predicted molar refractivity (Wildman–Crippen MR) is 112 cm³/mol. The lowest BCUT2D eigenvalue weighted by Crippen LogP contribution is -2.54. The van der Waals surface area contributed by atoms with Crippen molar-refractivity contribution < 1.29 is 24.2 Å². The lowest BCUT2D eigenvalue weighted by Gasteiger charge is -2.29. The van der Waals surface area contributed by atoms with Crippen LogP contribution in [0, 0.1) is 0 Å². The fraction of sp³-hybridized carbons (Fsp3) is 0.100. The summed E-state index contributed by atoms with van der Waals surface area (Å²) in [5.74, 6) is -2.06. The van der Waals surface area contributed by atoms with Gasteiger partial charge in [0.05, 0.1) is 17.9 Å². The summed E-state index contributed by atoms with van der Waals surface area (Å²) in [6.07, 6.45) is 1.37. The zero-order chi connectivity index (χ0) is 21.1. The second-order valence-corrected chi connectivity index (χ2v) is 6.75. The zero-order valence-corrected chi connectivity index (χ0v) is 16.7. The molecule has 0 aliphatic carbocycles. The van der Waals surface area contributed by atoms with Crippen molar-refractivity contribution in [2.24, 2.45) is 0 Å². The van der Waals surface area contributed by atoms with Gasteiger partial charge in [-0.1, -0.05) is 17.7 Å². The van der Waals surface area contributed by atoms with Gasteiger partial charge in [-0.15, -0.1) is 0 Å². The van der Waals surface area contributed by atoms with Gasteiger partial charge in [0.1, 0.15) is 11.3 Å². The molecule has 0 saturated carbocycles. The number of aromatic carboxylic acids is 1. The fourth-order valence-corrected chi connectivity index (χ4v) is 3.21. The Morgan fingerprint density at radius 2 is 2.03 bits per heavy atom. The lowest BCUT2D eigenvalue weighted by molar-refractivity contribution is -0.122. The lowest BCUT2D eigenvalue weighted by atomic mass is 10.1. The van der Waals surface area contributed by atoms with Crippen LogP contribution in [-0.2, 0) is 9.59 Å². The van der Waals surface area contributed by atoms with Crippen molar-refractivity contribution in [2.45, 2.75) is 6.92 Å². The van der Waals surface area contributed by atoms with E-state index in [0.29, 0.717) is 22.9 Å². The number of rotatable bonds is 5. The van der Waals surface area contributed by atoms with Gasteiger partial charge in [-0.3, -0.25) is 19.8 Å². The molecule has 1 saturated heterocycles. The molecule has 1 aliphatic heterocycles. The molecule has 7 nitrogen and oxygen atoms in total. The molecular weight excluding hydrogens is 416 g/mol. The summed E-state index contributed by atoms with van der Waals surface area (Å²) < 4.78 is 5.53. The normalized spacial score (nSPS) is 15.4. The predicted octanol–water partition coefficient (Wildman–Crippen LogP) is 3.27. The zero-order valence-electron chi connectivity index (χ0n) is 15.1. The quantitative estimate of drug-likeness (QED) is 0.429. The molecule has 0 aromatic heterocycles. The molecule has 0 atom stereocenters. The number of carboxylic acid groups (broad SMARTS) is 1. The van der Waals surface area contributed by atoms with Crippen molar-refractivity contribution in [3.63, 3.8) is 0 Å². The largest absolute Gasteiger partial charge is 0.493 e. The highest BCUT2D eigenvalue weighted by molar-refractivity contribution is 7.80. The van der Waals surface area contributed by atoms with Gasteiger partial charge in [0, 0.05) is 10.6 Å². The number of anilines is 1. The van der Waals surface area contributed by atoms with E-state index < -0.39 is 17.8 Å². The Balaban J connectivity index is 2.06. The van der Waals surface area contributed by atoms with E-state index in [-0.39, 0.29) is 21.9 Å². The first-order valence-corrected chi connectivity index (χ1v) is 9.27. The Bertz CT molecular complexity index is 1070. The summed E-state index contributed by atoms with van der Waals surface area (Å²) in [5, 5.41) is 11.9. The molecule has 2 amide bonds. The number of thiocarbonyl (C=S) groups is 1. The molecule has 148 valence electrons. The Hall–Kier alpha value is -3.23. The topological polar surface area (TPSA) is 95.9 Å². The minimum absolute atomic E-state index is 0.0194. The first-order chi connectivity index (χ1) is 13.8. The van der Waals surface area contributed by atoms with E-state index in [1.165, 1.54) is 30.3 Å². The maximum atomic E-state index is 13.1. The number of benzene rings is 2. The second-order valence-electron chi connectivity index (χ2n) is 5.93. The van der Waals surface area contributed by atoms with Crippen LogP contribution < -0.4 is 15.0 Å². The van der Waals surface area contributed by atoms with Crippen LogP contribution in [0.1, 0.15) is 22.8 Å². The number of amides is 2. The Morgan fingerprint density at radius 3 is 2.72 bits per heavy atom. The summed E-state index contributed by atoms with van der Waals surface area (Å²) in [6, 6.07) is 10.5. The summed E-state index contributed by atoms with van der Waals surface area (Å²) in [6.45, 7) is 2.19. The highest BCUT2D eigenvalue weighted by atomic mass is 35.5. The Kier molecular flexibility index (Phi) is 5.95. The smallest absolute Gasteiger partial charge is 0.335 e. The molecule has 1 aliphatic rings. The summed E-state index contributed by atoms with van der Waals surface area (Å²) in [5.41, 5.74) is 0.461. The number of carboxylic acids is 1. The molecule has 29 heavy (non-hydrogen) atoms. The molecule has 9 heteroatoms. The van der Waals surface area contributed by atoms with Crippen LogP contribution >= 0.6 is 23.8 Å². The highest BCUT2D eigenvalue weighted by Crippen LogP contribution is 2.28. The minimum Gasteiger partial charge on any atom is -0.493 e. The van der Waals surface area contributed by atoms with E-state index in [4.69, 9.17) is 28.6 Å². The van der Waals surface area contributed by atoms with E-state index in [2.05, 4.69) is 5.32 Å². The van der Waals surface area contributed by atoms with Crippen molar-refractivity contribution in [3.05, 3.63) is 64.2 Å². The van der Waals surface area contributed by atoms with Gasteiger partial charge in [0.15, 0.2) is 5.11 Å². The number of ether oxygens (including phenoxy) is 1. The Morgan fingerprint density at radius 1 is 1.28 bits per heavy atom. The molecule has 2 N–H and O–H groups in total. The van der Waals surface area contributed by atoms with Gasteiger partial charge < -0.3 is 9.84 Å². The van der Waals surface area contributed by atoms with Crippen molar-refractivity contribution in [1.29, 1.82) is 0 Å². The fourth-order valence-electron chi connectivity index (χ4n) is 2.74. The van der Waals surface area contributed by atoms with E-state index in [1.54, 1.807) is 25.1 Å². The van der Waals surface area contributed by atoms with E-state index in [0.717, 1.165) is 4.90 Å². The molecule has 0 spiro atoms. The van der Waals surface area contributed by atoms with E-state index in [1.807, 2.05) is 0 Å². The highest BCUT2D eigenvalue weighted by Gasteiger charge is 2.35. The van der Waals surface area contributed by atoms with Crippen LogP contribution in [0.4, 0.5) is 5.69 Å². The summed E-state index contributed by atoms with van der Waals surface area (Å²) >= 11 is 11.2. The summed E-state index contributed by atoms with van der Waals surface area (Å²) in [4.78, 5) is 37.8. The standard InChI is InChI=1S/C20H15ClN2O5S/c1-2-28-16-7-6-13(21)8-12(16)10-15-17(24)22-20(29)23(18(15)25)14-5-3-4-11(9-14)19(26)27/h3-10H,2H2,1H3,(H,26,27)(H,22,24,29). The third kappa shape index (κ3) is 4.28. The third-order valence-corrected chi connectivity index (χ3v) is 4.54. The number of halogens is 1. The molecule has 0 radical (unpaired) electrons. The SMILES string of the molecule is CCOc1ccc(Cl)cc1C=C1C(=O)NC(=S)N(c2cccc(C(=O)O)c2)C1=O. The minimum atomic E-state index is -1.15. The van der Waals surface area contributed by atoms with Gasteiger partial charge in [-0.25, -0.2) is 4.79 Å². The molecule has 1 heterocycles. The average Bonchev–Trinajstić information content (AvgIpc) is 2.67. The van der Waals surface area contributed by atoms with Crippen molar-refractivity contribution in [3.8, 4) is 5.75 Å². The van der Waals surface area contributed by atoms with Crippen molar-refractivity contribution in [2.75, 3.05) is 11.5 Å². The van der Waals surface area contributed by atoms with Crippen LogP contribution in [0.5, 0.6) is 5.75 Å². The van der Waals surface area contributed by atoms with Crippen molar-refractivity contribution >= 4 is 58.5 Å². The van der Waals surface area contributed by atoms with Crippen LogP contribution in [0.15, 0.2) is 48.0 Å². The molecule has 2 aromatic rings. The van der Waals surface area contributed by atoms with Gasteiger partial charge in [0.2, 0.25) is 0 Å². The number of hydrogen-bond acceptors (Lipinski definition) is 5. The monoisotopic (exact) mass is 430 g/mol. The van der Waals surface area contributed by atoms with Crippen molar-refractivity contribution in [1.82, 2.24) is 5.32 Å². The van der Waals surface area contributed by atoms with Crippen LogP contribution in [0.3, 0.4) is 0 Å². The molecule has 1 fully saturated rings. The van der Waals surface area contributed by atoms with Gasteiger partial charge >= 0.3 is 5.97 Å². The van der Waals surface area contributed by atoms with Crippen LogP contribution in [-0.4, -0.2) is 34.6 Å². The number of hydrogen-bond donors (Lipinski definition) is 2. The number of nitrogens with one attached hydrogen (secondary N) is 1. The molecule has 0 unspecified atom stereocenters. The van der Waals surface area contributed by atoms with Crippen LogP contribution in [0.25, 0.3) is 6.08 Å². The first-order valence-electron chi connectivity index (χ1n) is 8.49. The van der Waals surface area contributed by atoms with Gasteiger partial charge in [-0.2, -0.15) is 0 Å². The average molecular weight is 431 g/mol. The Labute approximate surface area is 176 Å². The van der Waals surface area contributed by atoms with E-state index in [9.17, 15) is 19.5 Å². The second kappa shape index (κ2) is 8.42. The maximum absolute atomic E-state index is 13.1. The third-order valence-electron chi connectivity index (χ3n) is 4.02. The number of nitrogens with zero attached hydrogens (tertiary/aromatic N) is 1. The number of carbonyl (C=O) groups is 3. The molecular formula is C20H15ClN2O5S. The van der Waals surface area contributed by atoms with Gasteiger partial charge in [0.25, 0.3) is 11.8 Å². The molecule has 3 rings (SSSR count). The van der Waals surface area contributed by atoms with Crippen LogP contribution in [0.2, 0.25) is 5.02 Å². The van der Waals surface area contributed by atoms with E-state index >= 15 is 0 Å². The molecule has 2 aromatic carbocycles. The van der Waals surface area contributed by atoms with Gasteiger partial charge in [-0.05, 0) is 61.6 Å². The maximum Gasteiger partial charge on any atom is 0.335 e.